The summed E-state index contributed by atoms with van der Waals surface area (Å²) in [5.74, 6) is 0. The van der Waals surface area contributed by atoms with E-state index in [2.05, 4.69) is 149 Å². The third-order valence-corrected chi connectivity index (χ3v) is 12.3. The first-order valence-corrected chi connectivity index (χ1v) is 21.1. The van der Waals surface area contributed by atoms with Gasteiger partial charge >= 0.3 is 26.2 Å². The van der Waals surface area contributed by atoms with Gasteiger partial charge < -0.3 is 24.8 Å². The Hall–Kier alpha value is -2.00. The largest absolute Gasteiger partial charge is 3.00 e. The third kappa shape index (κ3) is 6.57. The van der Waals surface area contributed by atoms with Crippen molar-refractivity contribution in [3.63, 3.8) is 0 Å². The average Bonchev–Trinajstić information content (AvgIpc) is 3.56. The summed E-state index contributed by atoms with van der Waals surface area (Å²) in [4.78, 5) is 0. The van der Waals surface area contributed by atoms with Gasteiger partial charge in [0.15, 0.2) is 0 Å². The van der Waals surface area contributed by atoms with Gasteiger partial charge in [0.05, 0.1) is 16.1 Å². The minimum Gasteiger partial charge on any atom is -1.00 e. The van der Waals surface area contributed by atoms with Gasteiger partial charge in [0.2, 0.25) is 0 Å². The van der Waals surface area contributed by atoms with Crippen LogP contribution in [0.15, 0.2) is 103 Å². The van der Waals surface area contributed by atoms with Crippen LogP contribution in [-0.2, 0) is 26.2 Å². The summed E-state index contributed by atoms with van der Waals surface area (Å²) >= 11 is 0. The van der Waals surface area contributed by atoms with Gasteiger partial charge in [-0.15, -0.1) is 33.4 Å². The summed E-state index contributed by atoms with van der Waals surface area (Å²) in [7, 11) is -2.78. The normalized spacial score (nSPS) is 13.0. The molecule has 0 saturated carbocycles. The van der Waals surface area contributed by atoms with Gasteiger partial charge in [-0.2, -0.15) is 0 Å². The quantitative estimate of drug-likeness (QED) is 0.187. The summed E-state index contributed by atoms with van der Waals surface area (Å²) < 4.78 is 0. The molecule has 2 aliphatic carbocycles. The van der Waals surface area contributed by atoms with E-state index in [1.54, 1.807) is 0 Å². The molecule has 0 nitrogen and oxygen atoms in total. The first-order chi connectivity index (χ1) is 18.6. The molecule has 2 aliphatic rings. The third-order valence-electron chi connectivity index (χ3n) is 8.12. The second-order valence-electron chi connectivity index (χ2n) is 12.9. The molecule has 0 amide bonds. The maximum absolute atomic E-state index is 3.81. The standard InChI is InChI=1S/C37H37Si2.2ClH.Zr/c1-38(2,3)30-19-15-27(16-20-30)36(28-17-21-31(22-18-28)39(4,5)6)34-24-23-33-32-14-10-9-13-29(32)25-35(33)37(34)26-11-7-8-12-26;;;/h7-11,13-24H,12H2,1-6H3;2*1H;/q-1;;;+3/p-2. The van der Waals surface area contributed by atoms with Crippen molar-refractivity contribution in [2.24, 2.45) is 0 Å². The van der Waals surface area contributed by atoms with Crippen LogP contribution < -0.4 is 45.6 Å². The number of allylic oxidation sites excluding steroid dienone is 4. The molecule has 4 aromatic rings. The Morgan fingerprint density at radius 3 is 1.69 bits per heavy atom. The number of rotatable bonds is 5. The van der Waals surface area contributed by atoms with E-state index in [-0.39, 0.29) is 51.0 Å². The molecule has 1 radical (unpaired) electrons. The maximum Gasteiger partial charge on any atom is 3.00 e. The van der Waals surface area contributed by atoms with Crippen LogP contribution in [0.1, 0.15) is 28.7 Å². The number of hydrogen-bond acceptors (Lipinski definition) is 0. The molecule has 0 spiro atoms. The van der Waals surface area contributed by atoms with Crippen molar-refractivity contribution in [3.8, 4) is 0 Å². The fraction of sp³-hybridized carbons (Fsp3) is 0.189. The molecule has 5 heteroatoms. The summed E-state index contributed by atoms with van der Waals surface area (Å²) in [6, 6.07) is 32.3. The maximum atomic E-state index is 3.81. The fourth-order valence-corrected chi connectivity index (χ4v) is 8.18. The van der Waals surface area contributed by atoms with Gasteiger partial charge in [-0.3, -0.25) is 0 Å². The van der Waals surface area contributed by atoms with Gasteiger partial charge in [-0.1, -0.05) is 158 Å². The van der Waals surface area contributed by atoms with Gasteiger partial charge in [-0.25, -0.2) is 0 Å². The van der Waals surface area contributed by atoms with Crippen LogP contribution in [0.3, 0.4) is 0 Å². The zero-order valence-electron chi connectivity index (χ0n) is 25.3. The molecule has 0 fully saturated rings. The van der Waals surface area contributed by atoms with Gasteiger partial charge in [-0.05, 0) is 28.3 Å². The number of fused-ring (bicyclic) bond motifs is 2. The molecule has 0 unspecified atom stereocenters. The van der Waals surface area contributed by atoms with Crippen LogP contribution in [0.5, 0.6) is 0 Å². The first-order valence-electron chi connectivity index (χ1n) is 14.1. The predicted octanol–water partition coefficient (Wildman–Crippen LogP) is 0.679. The van der Waals surface area contributed by atoms with Crippen LogP contribution in [-0.4, -0.2) is 16.1 Å². The topological polar surface area (TPSA) is 0 Å². The van der Waals surface area contributed by atoms with E-state index in [4.69, 9.17) is 0 Å². The fourth-order valence-electron chi connectivity index (χ4n) is 5.84. The first kappa shape index (κ1) is 34.5. The average molecular weight is 700 g/mol. The van der Waals surface area contributed by atoms with Crippen LogP contribution in [0.4, 0.5) is 0 Å². The summed E-state index contributed by atoms with van der Waals surface area (Å²) in [6.45, 7) is 14.5. The second kappa shape index (κ2) is 13.3. The SMILES string of the molecule is C[Si](C)(C)c1ccc(C(c2ccc([Si](C)(C)C)cc2)=c2ccc3c(c2C2=CC=CC2)[C-]=c2ccccc2=3)cc1.[Cl-].[Cl-].[Zr+3]. The molecule has 0 bridgehead atoms. The van der Waals surface area contributed by atoms with Crippen LogP contribution >= 0.6 is 0 Å². The van der Waals surface area contributed by atoms with E-state index in [0.717, 1.165) is 6.42 Å². The Bertz CT molecular complexity index is 1820. The van der Waals surface area contributed by atoms with E-state index in [1.165, 1.54) is 64.6 Å². The van der Waals surface area contributed by atoms with E-state index < -0.39 is 16.1 Å². The smallest absolute Gasteiger partial charge is 1.00 e. The Morgan fingerprint density at radius 1 is 0.643 bits per heavy atom. The van der Waals surface area contributed by atoms with Gasteiger partial charge in [0, 0.05) is 0 Å². The zero-order chi connectivity index (χ0) is 27.4. The van der Waals surface area contributed by atoms with Crippen molar-refractivity contribution in [1.82, 2.24) is 0 Å². The Morgan fingerprint density at radius 2 is 1.19 bits per heavy atom. The molecule has 211 valence electrons. The molecular formula is C37H37Cl2Si2Zr. The molecule has 0 saturated heterocycles. The van der Waals surface area contributed by atoms with E-state index in [0.29, 0.717) is 0 Å². The van der Waals surface area contributed by atoms with E-state index >= 15 is 0 Å². The molecule has 4 aromatic carbocycles. The van der Waals surface area contributed by atoms with Crippen molar-refractivity contribution in [2.45, 2.75) is 45.7 Å². The Balaban J connectivity index is 0.00000161. The van der Waals surface area contributed by atoms with Crippen molar-refractivity contribution >= 4 is 43.7 Å². The van der Waals surface area contributed by atoms with Crippen molar-refractivity contribution in [3.05, 3.63) is 146 Å². The van der Waals surface area contributed by atoms with Crippen LogP contribution in [0.25, 0.3) is 17.2 Å². The summed E-state index contributed by atoms with van der Waals surface area (Å²) in [6.07, 6.45) is 11.5. The molecule has 0 aliphatic heterocycles. The predicted molar refractivity (Wildman–Crippen MR) is 175 cm³/mol. The minimum atomic E-state index is -1.39. The summed E-state index contributed by atoms with van der Waals surface area (Å²) in [5.41, 5.74) is 7.80. The number of hydrogen-bond donors (Lipinski definition) is 0. The number of benzene rings is 4. The minimum absolute atomic E-state index is 0. The van der Waals surface area contributed by atoms with Crippen molar-refractivity contribution < 1.29 is 51.0 Å². The molecule has 0 aromatic heterocycles. The molecule has 42 heavy (non-hydrogen) atoms. The van der Waals surface area contributed by atoms with Crippen molar-refractivity contribution in [1.29, 1.82) is 0 Å². The Labute approximate surface area is 284 Å². The molecule has 0 heterocycles. The Kier molecular flexibility index (Phi) is 10.9. The molecule has 6 rings (SSSR count). The van der Waals surface area contributed by atoms with Gasteiger partial charge in [0.25, 0.3) is 0 Å². The van der Waals surface area contributed by atoms with Crippen molar-refractivity contribution in [2.75, 3.05) is 0 Å². The second-order valence-corrected chi connectivity index (χ2v) is 23.1. The molecular weight excluding hydrogens is 663 g/mol. The van der Waals surface area contributed by atoms with Crippen LogP contribution in [0, 0.1) is 10.4 Å². The number of halogens is 2. The molecule has 0 atom stereocenters. The monoisotopic (exact) mass is 697 g/mol. The van der Waals surface area contributed by atoms with Crippen LogP contribution in [0.2, 0.25) is 39.3 Å². The zero-order valence-corrected chi connectivity index (χ0v) is 31.2. The van der Waals surface area contributed by atoms with E-state index in [9.17, 15) is 0 Å². The summed E-state index contributed by atoms with van der Waals surface area (Å²) in [5, 5.41) is 8.05. The molecule has 0 N–H and O–H groups in total. The van der Waals surface area contributed by atoms with Gasteiger partial charge in [0.1, 0.15) is 0 Å². The van der Waals surface area contributed by atoms with E-state index in [1.807, 2.05) is 0 Å².